The van der Waals surface area contributed by atoms with Gasteiger partial charge < -0.3 is 10.1 Å². The number of carbonyl (C=O) groups excluding carboxylic acids is 1. The minimum absolute atomic E-state index is 0.0772. The average molecular weight is 374 g/mol. The molecule has 0 heterocycles. The second-order valence-corrected chi connectivity index (χ2v) is 8.03. The molecule has 26 heavy (non-hydrogen) atoms. The second kappa shape index (κ2) is 7.47. The van der Waals surface area contributed by atoms with Gasteiger partial charge >= 0.3 is 0 Å². The Morgan fingerprint density at radius 2 is 1.85 bits per heavy atom. The van der Waals surface area contributed by atoms with Crippen molar-refractivity contribution < 1.29 is 17.9 Å². The molecule has 138 valence electrons. The first-order valence-corrected chi connectivity index (χ1v) is 9.93. The monoisotopic (exact) mass is 374 g/mol. The topological polar surface area (TPSA) is 84.5 Å². The molecule has 1 aliphatic rings. The lowest BCUT2D eigenvalue weighted by Gasteiger charge is -2.19. The fourth-order valence-electron chi connectivity index (χ4n) is 3.11. The van der Waals surface area contributed by atoms with Crippen molar-refractivity contribution in [3.63, 3.8) is 0 Å². The SMILES string of the molecule is COc1ccc(S(=O)(=O)N[C@@H](C)C(=O)NC2CCc3ccccc32)cc1. The predicted molar refractivity (Wildman–Crippen MR) is 98.4 cm³/mol. The Balaban J connectivity index is 1.65. The molecule has 7 heteroatoms. The van der Waals surface area contributed by atoms with Crippen LogP contribution in [-0.2, 0) is 21.2 Å². The van der Waals surface area contributed by atoms with E-state index in [1.807, 2.05) is 18.2 Å². The van der Waals surface area contributed by atoms with Gasteiger partial charge in [-0.3, -0.25) is 4.79 Å². The Morgan fingerprint density at radius 1 is 1.15 bits per heavy atom. The Morgan fingerprint density at radius 3 is 2.54 bits per heavy atom. The third kappa shape index (κ3) is 3.89. The van der Waals surface area contributed by atoms with Crippen LogP contribution >= 0.6 is 0 Å². The molecule has 0 bridgehead atoms. The second-order valence-electron chi connectivity index (χ2n) is 6.32. The lowest BCUT2D eigenvalue weighted by atomic mass is 10.1. The number of carbonyl (C=O) groups is 1. The Hall–Kier alpha value is -2.38. The molecule has 6 nitrogen and oxygen atoms in total. The largest absolute Gasteiger partial charge is 0.497 e. The van der Waals surface area contributed by atoms with Gasteiger partial charge in [0.25, 0.3) is 0 Å². The third-order valence-corrected chi connectivity index (χ3v) is 6.10. The number of hydrogen-bond acceptors (Lipinski definition) is 4. The lowest BCUT2D eigenvalue weighted by Crippen LogP contribution is -2.45. The van der Waals surface area contributed by atoms with Crippen LogP contribution in [0.15, 0.2) is 53.4 Å². The fraction of sp³-hybridized carbons (Fsp3) is 0.316. The normalized spacial score (nSPS) is 17.4. The van der Waals surface area contributed by atoms with Gasteiger partial charge in [-0.1, -0.05) is 24.3 Å². The highest BCUT2D eigenvalue weighted by Crippen LogP contribution is 2.30. The van der Waals surface area contributed by atoms with Crippen molar-refractivity contribution >= 4 is 15.9 Å². The number of sulfonamides is 1. The zero-order valence-corrected chi connectivity index (χ0v) is 15.5. The van der Waals surface area contributed by atoms with Crippen LogP contribution in [0, 0.1) is 0 Å². The summed E-state index contributed by atoms with van der Waals surface area (Å²) in [7, 11) is -2.28. The molecule has 2 atom stereocenters. The van der Waals surface area contributed by atoms with Gasteiger partial charge in [0.2, 0.25) is 15.9 Å². The van der Waals surface area contributed by atoms with Crippen LogP contribution in [0.2, 0.25) is 0 Å². The summed E-state index contributed by atoms with van der Waals surface area (Å²) in [6, 6.07) is 13.0. The molecule has 1 unspecified atom stereocenters. The van der Waals surface area contributed by atoms with Gasteiger partial charge in [-0.05, 0) is 55.2 Å². The molecular formula is C19H22N2O4S. The van der Waals surface area contributed by atoms with E-state index in [0.717, 1.165) is 18.4 Å². The smallest absolute Gasteiger partial charge is 0.241 e. The molecule has 2 N–H and O–H groups in total. The van der Waals surface area contributed by atoms with Crippen LogP contribution < -0.4 is 14.8 Å². The molecule has 0 saturated heterocycles. The Labute approximate surface area is 153 Å². The van der Waals surface area contributed by atoms with E-state index in [-0.39, 0.29) is 16.8 Å². The summed E-state index contributed by atoms with van der Waals surface area (Å²) < 4.78 is 32.4. The molecule has 0 aromatic heterocycles. The molecule has 1 amide bonds. The van der Waals surface area contributed by atoms with Crippen molar-refractivity contribution in [3.8, 4) is 5.75 Å². The molecule has 3 rings (SSSR count). The molecule has 2 aromatic rings. The highest BCUT2D eigenvalue weighted by molar-refractivity contribution is 7.89. The molecule has 0 radical (unpaired) electrons. The van der Waals surface area contributed by atoms with Gasteiger partial charge in [0.05, 0.1) is 24.1 Å². The van der Waals surface area contributed by atoms with Crippen LogP contribution in [0.5, 0.6) is 5.75 Å². The number of benzene rings is 2. The van der Waals surface area contributed by atoms with Crippen LogP contribution in [0.4, 0.5) is 0 Å². The molecular weight excluding hydrogens is 352 g/mol. The first-order chi connectivity index (χ1) is 12.4. The van der Waals surface area contributed by atoms with Crippen molar-refractivity contribution in [1.29, 1.82) is 0 Å². The van der Waals surface area contributed by atoms with Gasteiger partial charge in [-0.2, -0.15) is 4.72 Å². The summed E-state index contributed by atoms with van der Waals surface area (Å²) in [5, 5.41) is 2.94. The number of ether oxygens (including phenoxy) is 1. The predicted octanol–water partition coefficient (Wildman–Crippen LogP) is 2.17. The highest BCUT2D eigenvalue weighted by Gasteiger charge is 2.27. The van der Waals surface area contributed by atoms with Gasteiger partial charge in [-0.15, -0.1) is 0 Å². The van der Waals surface area contributed by atoms with E-state index in [0.29, 0.717) is 5.75 Å². The van der Waals surface area contributed by atoms with Crippen molar-refractivity contribution in [2.75, 3.05) is 7.11 Å². The Bertz CT molecular complexity index is 894. The number of hydrogen-bond donors (Lipinski definition) is 2. The molecule has 0 saturated carbocycles. The zero-order valence-electron chi connectivity index (χ0n) is 14.7. The van der Waals surface area contributed by atoms with Crippen molar-refractivity contribution in [1.82, 2.24) is 10.0 Å². The maximum Gasteiger partial charge on any atom is 0.241 e. The van der Waals surface area contributed by atoms with Gasteiger partial charge in [0.1, 0.15) is 5.75 Å². The number of methoxy groups -OCH3 is 1. The first kappa shape index (κ1) is 18.4. The number of nitrogens with one attached hydrogen (secondary N) is 2. The van der Waals surface area contributed by atoms with Crippen molar-refractivity contribution in [3.05, 3.63) is 59.7 Å². The maximum atomic E-state index is 12.5. The summed E-state index contributed by atoms with van der Waals surface area (Å²) in [6.07, 6.45) is 1.73. The van der Waals surface area contributed by atoms with Crippen LogP contribution in [0.3, 0.4) is 0 Å². The van der Waals surface area contributed by atoms with E-state index in [9.17, 15) is 13.2 Å². The summed E-state index contributed by atoms with van der Waals surface area (Å²) in [4.78, 5) is 12.5. The van der Waals surface area contributed by atoms with Crippen LogP contribution in [0.25, 0.3) is 0 Å². The van der Waals surface area contributed by atoms with E-state index >= 15 is 0 Å². The van der Waals surface area contributed by atoms with E-state index < -0.39 is 16.1 Å². The summed E-state index contributed by atoms with van der Waals surface area (Å²) in [5.41, 5.74) is 2.33. The Kier molecular flexibility index (Phi) is 5.29. The molecule has 0 aliphatic heterocycles. The number of fused-ring (bicyclic) bond motifs is 1. The number of rotatable bonds is 6. The molecule has 2 aromatic carbocycles. The average Bonchev–Trinajstić information content (AvgIpc) is 3.04. The summed E-state index contributed by atoms with van der Waals surface area (Å²) >= 11 is 0. The van der Waals surface area contributed by atoms with Gasteiger partial charge in [-0.25, -0.2) is 8.42 Å². The number of amides is 1. The first-order valence-electron chi connectivity index (χ1n) is 8.45. The molecule has 0 fully saturated rings. The number of aryl methyl sites for hydroxylation is 1. The summed E-state index contributed by atoms with van der Waals surface area (Å²) in [5.74, 6) is 0.221. The minimum atomic E-state index is -3.79. The lowest BCUT2D eigenvalue weighted by molar-refractivity contribution is -0.123. The van der Waals surface area contributed by atoms with E-state index in [1.54, 1.807) is 12.1 Å². The summed E-state index contributed by atoms with van der Waals surface area (Å²) in [6.45, 7) is 1.54. The van der Waals surface area contributed by atoms with E-state index in [4.69, 9.17) is 4.74 Å². The minimum Gasteiger partial charge on any atom is -0.497 e. The van der Waals surface area contributed by atoms with Crippen LogP contribution in [-0.4, -0.2) is 27.5 Å². The quantitative estimate of drug-likeness (QED) is 0.812. The van der Waals surface area contributed by atoms with E-state index in [1.165, 1.54) is 31.7 Å². The van der Waals surface area contributed by atoms with Gasteiger partial charge in [0, 0.05) is 0 Å². The zero-order chi connectivity index (χ0) is 18.7. The van der Waals surface area contributed by atoms with Crippen molar-refractivity contribution in [2.45, 2.75) is 36.7 Å². The fourth-order valence-corrected chi connectivity index (χ4v) is 4.32. The molecule has 0 spiro atoms. The van der Waals surface area contributed by atoms with E-state index in [2.05, 4.69) is 16.1 Å². The molecule has 1 aliphatic carbocycles. The van der Waals surface area contributed by atoms with Crippen LogP contribution in [0.1, 0.15) is 30.5 Å². The standard InChI is InChI=1S/C19H22N2O4S/c1-13(21-26(23,24)16-10-8-15(25-2)9-11-16)19(22)20-18-12-7-14-5-3-4-6-17(14)18/h3-6,8-11,13,18,21H,7,12H2,1-2H3,(H,20,22)/t13-,18?/m0/s1. The highest BCUT2D eigenvalue weighted by atomic mass is 32.2. The third-order valence-electron chi connectivity index (χ3n) is 4.54. The van der Waals surface area contributed by atoms with Crippen molar-refractivity contribution in [2.24, 2.45) is 0 Å². The maximum absolute atomic E-state index is 12.5. The van der Waals surface area contributed by atoms with Gasteiger partial charge in [0.15, 0.2) is 0 Å².